The van der Waals surface area contributed by atoms with Gasteiger partial charge in [-0.3, -0.25) is 0 Å². The van der Waals surface area contributed by atoms with Crippen molar-refractivity contribution in [1.29, 1.82) is 0 Å². The highest BCUT2D eigenvalue weighted by Crippen LogP contribution is 2.35. The van der Waals surface area contributed by atoms with Crippen LogP contribution in [0.2, 0.25) is 9.36 Å². The molecule has 1 fully saturated rings. The normalized spacial score (nSPS) is 23.4. The van der Waals surface area contributed by atoms with Gasteiger partial charge in [-0.15, -0.1) is 11.3 Å². The van der Waals surface area contributed by atoms with Gasteiger partial charge in [0.15, 0.2) is 0 Å². The van der Waals surface area contributed by atoms with Crippen molar-refractivity contribution in [2.75, 3.05) is 19.8 Å². The van der Waals surface area contributed by atoms with Crippen molar-refractivity contribution in [1.82, 2.24) is 5.32 Å². The summed E-state index contributed by atoms with van der Waals surface area (Å²) in [7, 11) is 0. The van der Waals surface area contributed by atoms with Gasteiger partial charge in [0.05, 0.1) is 24.3 Å². The summed E-state index contributed by atoms with van der Waals surface area (Å²) >= 11 is 13.2. The maximum absolute atomic E-state index is 5.87. The lowest BCUT2D eigenvalue weighted by atomic mass is 10.2. The molecule has 1 aromatic heterocycles. The summed E-state index contributed by atoms with van der Waals surface area (Å²) in [6, 6.07) is 2.16. The second-order valence-corrected chi connectivity index (χ2v) is 4.95. The highest BCUT2D eigenvalue weighted by atomic mass is 35.5. The summed E-state index contributed by atoms with van der Waals surface area (Å²) in [4.78, 5) is 1.15. The van der Waals surface area contributed by atoms with Gasteiger partial charge in [-0.2, -0.15) is 0 Å². The summed E-state index contributed by atoms with van der Waals surface area (Å²) in [6.45, 7) is 2.37. The second kappa shape index (κ2) is 4.15. The zero-order chi connectivity index (χ0) is 9.26. The molecule has 1 saturated heterocycles. The maximum Gasteiger partial charge on any atom is 0.112 e. The standard InChI is InChI=1S/C8H9Cl2NOS/c9-5-3-7(13-8(5)10)6-4-12-2-1-11-6/h3,6,11H,1-2,4H2. The minimum Gasteiger partial charge on any atom is -0.378 e. The number of hydrogen-bond donors (Lipinski definition) is 1. The quantitative estimate of drug-likeness (QED) is 0.812. The Labute approximate surface area is 90.8 Å². The van der Waals surface area contributed by atoms with E-state index in [2.05, 4.69) is 5.32 Å². The van der Waals surface area contributed by atoms with Crippen LogP contribution < -0.4 is 5.32 Å². The number of halogens is 2. The van der Waals surface area contributed by atoms with E-state index < -0.39 is 0 Å². The smallest absolute Gasteiger partial charge is 0.112 e. The monoisotopic (exact) mass is 237 g/mol. The third kappa shape index (κ3) is 2.17. The molecule has 2 nitrogen and oxygen atoms in total. The predicted molar refractivity (Wildman–Crippen MR) is 55.9 cm³/mol. The molecule has 1 aliphatic rings. The SMILES string of the molecule is Clc1cc(C2COCCN2)sc1Cl. The van der Waals surface area contributed by atoms with Crippen molar-refractivity contribution in [3.05, 3.63) is 20.3 Å². The molecule has 0 amide bonds. The van der Waals surface area contributed by atoms with Crippen LogP contribution in [0, 0.1) is 0 Å². The summed E-state index contributed by atoms with van der Waals surface area (Å²) in [5.41, 5.74) is 0. The Kier molecular flexibility index (Phi) is 3.11. The molecular formula is C8H9Cl2NOS. The largest absolute Gasteiger partial charge is 0.378 e. The average Bonchev–Trinajstić information content (AvgIpc) is 2.49. The zero-order valence-electron chi connectivity index (χ0n) is 6.85. The van der Waals surface area contributed by atoms with E-state index in [0.717, 1.165) is 18.0 Å². The van der Waals surface area contributed by atoms with E-state index in [1.807, 2.05) is 6.07 Å². The Morgan fingerprint density at radius 2 is 2.38 bits per heavy atom. The van der Waals surface area contributed by atoms with Crippen LogP contribution in [-0.4, -0.2) is 19.8 Å². The third-order valence-corrected chi connectivity index (χ3v) is 3.91. The second-order valence-electron chi connectivity index (χ2n) is 2.85. The van der Waals surface area contributed by atoms with E-state index in [9.17, 15) is 0 Å². The first-order chi connectivity index (χ1) is 6.27. The first-order valence-corrected chi connectivity index (χ1v) is 5.60. The first-order valence-electron chi connectivity index (χ1n) is 4.03. The maximum atomic E-state index is 5.87. The van der Waals surface area contributed by atoms with Crippen molar-refractivity contribution in [2.45, 2.75) is 6.04 Å². The highest BCUT2D eigenvalue weighted by molar-refractivity contribution is 7.17. The van der Waals surface area contributed by atoms with E-state index in [4.69, 9.17) is 27.9 Å². The summed E-state index contributed by atoms with van der Waals surface area (Å²) in [5.74, 6) is 0. The highest BCUT2D eigenvalue weighted by Gasteiger charge is 2.18. The molecule has 0 spiro atoms. The molecule has 0 bridgehead atoms. The fourth-order valence-corrected chi connectivity index (χ4v) is 2.74. The number of ether oxygens (including phenoxy) is 1. The number of thiophene rings is 1. The van der Waals surface area contributed by atoms with Crippen LogP contribution in [0.15, 0.2) is 6.07 Å². The van der Waals surface area contributed by atoms with Crippen molar-refractivity contribution in [3.8, 4) is 0 Å². The fraction of sp³-hybridized carbons (Fsp3) is 0.500. The minimum atomic E-state index is 0.253. The Bertz CT molecular complexity index is 277. The first kappa shape index (κ1) is 9.74. The Balaban J connectivity index is 2.14. The molecule has 13 heavy (non-hydrogen) atoms. The van der Waals surface area contributed by atoms with Crippen molar-refractivity contribution in [3.63, 3.8) is 0 Å². The van der Waals surface area contributed by atoms with Crippen molar-refractivity contribution >= 4 is 34.5 Å². The predicted octanol–water partition coefficient (Wildman–Crippen LogP) is 2.72. The van der Waals surface area contributed by atoms with Gasteiger partial charge in [-0.1, -0.05) is 23.2 Å². The van der Waals surface area contributed by atoms with Gasteiger partial charge >= 0.3 is 0 Å². The van der Waals surface area contributed by atoms with Crippen LogP contribution in [0.3, 0.4) is 0 Å². The third-order valence-electron chi connectivity index (χ3n) is 1.93. The number of nitrogens with one attached hydrogen (secondary N) is 1. The molecule has 1 unspecified atom stereocenters. The van der Waals surface area contributed by atoms with E-state index in [1.165, 1.54) is 11.3 Å². The van der Waals surface area contributed by atoms with Gasteiger partial charge in [0.1, 0.15) is 4.34 Å². The molecule has 2 heterocycles. The van der Waals surface area contributed by atoms with Gasteiger partial charge < -0.3 is 10.1 Å². The molecule has 1 atom stereocenters. The lowest BCUT2D eigenvalue weighted by molar-refractivity contribution is 0.0779. The van der Waals surface area contributed by atoms with Gasteiger partial charge in [-0.05, 0) is 6.07 Å². The molecule has 1 N–H and O–H groups in total. The van der Waals surface area contributed by atoms with Gasteiger partial charge in [-0.25, -0.2) is 0 Å². The van der Waals surface area contributed by atoms with Gasteiger partial charge in [0, 0.05) is 11.4 Å². The average molecular weight is 238 g/mol. The topological polar surface area (TPSA) is 21.3 Å². The van der Waals surface area contributed by atoms with Crippen LogP contribution in [-0.2, 0) is 4.74 Å². The van der Waals surface area contributed by atoms with E-state index in [-0.39, 0.29) is 6.04 Å². The summed E-state index contributed by atoms with van der Waals surface area (Å²) < 4.78 is 6.00. The molecule has 72 valence electrons. The molecule has 0 aliphatic carbocycles. The molecule has 0 radical (unpaired) electrons. The van der Waals surface area contributed by atoms with Crippen LogP contribution in [0.5, 0.6) is 0 Å². The van der Waals surface area contributed by atoms with Crippen LogP contribution in [0.1, 0.15) is 10.9 Å². The van der Waals surface area contributed by atoms with Crippen molar-refractivity contribution < 1.29 is 4.74 Å². The molecule has 0 aromatic carbocycles. The Morgan fingerprint density at radius 1 is 1.54 bits per heavy atom. The molecule has 2 rings (SSSR count). The zero-order valence-corrected chi connectivity index (χ0v) is 9.18. The van der Waals surface area contributed by atoms with Crippen LogP contribution in [0.4, 0.5) is 0 Å². The molecule has 1 aromatic rings. The van der Waals surface area contributed by atoms with E-state index >= 15 is 0 Å². The fourth-order valence-electron chi connectivity index (χ4n) is 1.28. The van der Waals surface area contributed by atoms with E-state index in [0.29, 0.717) is 16.0 Å². The van der Waals surface area contributed by atoms with Gasteiger partial charge in [0.2, 0.25) is 0 Å². The minimum absolute atomic E-state index is 0.253. The molecule has 5 heteroatoms. The van der Waals surface area contributed by atoms with Crippen LogP contribution >= 0.6 is 34.5 Å². The number of hydrogen-bond acceptors (Lipinski definition) is 3. The molecule has 0 saturated carbocycles. The number of morpholine rings is 1. The lowest BCUT2D eigenvalue weighted by Crippen LogP contribution is -2.33. The molecule has 1 aliphatic heterocycles. The lowest BCUT2D eigenvalue weighted by Gasteiger charge is -2.22. The van der Waals surface area contributed by atoms with E-state index in [1.54, 1.807) is 0 Å². The van der Waals surface area contributed by atoms with Crippen LogP contribution in [0.25, 0.3) is 0 Å². The summed E-state index contributed by atoms with van der Waals surface area (Å²) in [6.07, 6.45) is 0. The number of rotatable bonds is 1. The molecular weight excluding hydrogens is 229 g/mol. The van der Waals surface area contributed by atoms with Crippen molar-refractivity contribution in [2.24, 2.45) is 0 Å². The Hall–Kier alpha value is 0.200. The Morgan fingerprint density at radius 3 is 2.92 bits per heavy atom. The van der Waals surface area contributed by atoms with Gasteiger partial charge in [0.25, 0.3) is 0 Å². The summed E-state index contributed by atoms with van der Waals surface area (Å²) in [5, 5.41) is 3.98.